The number of carbonyl (C=O) groups excluding carboxylic acids is 1. The van der Waals surface area contributed by atoms with Crippen molar-refractivity contribution in [3.05, 3.63) is 76.8 Å². The number of methoxy groups -OCH3 is 2. The van der Waals surface area contributed by atoms with E-state index in [1.54, 1.807) is 13.0 Å². The molecule has 3 aromatic carbocycles. The number of benzene rings is 3. The Bertz CT molecular complexity index is 1510. The van der Waals surface area contributed by atoms with Crippen molar-refractivity contribution in [3.63, 3.8) is 0 Å². The van der Waals surface area contributed by atoms with Crippen LogP contribution in [0.5, 0.6) is 11.5 Å². The Morgan fingerprint density at radius 3 is 2.14 bits per heavy atom. The maximum atomic E-state index is 13.8. The summed E-state index contributed by atoms with van der Waals surface area (Å²) in [7, 11) is -5.36. The fourth-order valence-corrected chi connectivity index (χ4v) is 5.84. The predicted octanol–water partition coefficient (Wildman–Crippen LogP) is 2.82. The molecule has 0 atom stereocenters. The van der Waals surface area contributed by atoms with Gasteiger partial charge in [-0.25, -0.2) is 22.0 Å². The van der Waals surface area contributed by atoms with Gasteiger partial charge in [0.2, 0.25) is 15.9 Å². The Morgan fingerprint density at radius 2 is 1.57 bits per heavy atom. The van der Waals surface area contributed by atoms with Gasteiger partial charge in [0.25, 0.3) is 10.0 Å². The van der Waals surface area contributed by atoms with Gasteiger partial charge in [0.1, 0.15) is 22.9 Å². The highest BCUT2D eigenvalue weighted by molar-refractivity contribution is 7.93. The third kappa shape index (κ3) is 6.72. The summed E-state index contributed by atoms with van der Waals surface area (Å²) < 4.78 is 61.8. The van der Waals surface area contributed by atoms with Crippen molar-refractivity contribution in [2.45, 2.75) is 23.3 Å². The van der Waals surface area contributed by atoms with E-state index in [0.29, 0.717) is 16.9 Å². The van der Waals surface area contributed by atoms with Crippen LogP contribution in [0.4, 0.5) is 5.69 Å². The van der Waals surface area contributed by atoms with Crippen molar-refractivity contribution in [1.29, 1.82) is 0 Å². The van der Waals surface area contributed by atoms with Crippen molar-refractivity contribution in [2.75, 3.05) is 25.1 Å². The maximum Gasteiger partial charge on any atom is 0.268 e. The summed E-state index contributed by atoms with van der Waals surface area (Å²) in [6.07, 6.45) is 0. The number of hydrogen-bond acceptors (Lipinski definition) is 7. The van der Waals surface area contributed by atoms with Gasteiger partial charge in [-0.3, -0.25) is 9.10 Å². The van der Waals surface area contributed by atoms with Crippen LogP contribution in [-0.2, 0) is 31.4 Å². The molecule has 0 bridgehead atoms. The fraction of sp³-hybridized carbons (Fsp3) is 0.208. The number of nitrogens with two attached hydrogens (primary N) is 1. The number of sulfonamides is 2. The number of aryl methyl sites for hydroxylation is 1. The largest absolute Gasteiger partial charge is 0.495 e. The molecule has 37 heavy (non-hydrogen) atoms. The molecule has 198 valence electrons. The van der Waals surface area contributed by atoms with Crippen LogP contribution in [0.2, 0.25) is 5.02 Å². The van der Waals surface area contributed by atoms with Crippen LogP contribution in [0.25, 0.3) is 0 Å². The Hall–Kier alpha value is -3.32. The van der Waals surface area contributed by atoms with Crippen molar-refractivity contribution < 1.29 is 31.1 Å². The second kappa shape index (κ2) is 11.4. The van der Waals surface area contributed by atoms with Crippen LogP contribution in [0.15, 0.2) is 70.5 Å². The minimum atomic E-state index is -4.29. The molecule has 0 saturated carbocycles. The first-order chi connectivity index (χ1) is 17.4. The smallest absolute Gasteiger partial charge is 0.268 e. The molecule has 3 N–H and O–H groups in total. The number of rotatable bonds is 10. The molecule has 1 amide bonds. The van der Waals surface area contributed by atoms with E-state index in [-0.39, 0.29) is 32.8 Å². The van der Waals surface area contributed by atoms with Gasteiger partial charge in [-0.15, -0.1) is 0 Å². The van der Waals surface area contributed by atoms with Crippen molar-refractivity contribution >= 4 is 43.2 Å². The van der Waals surface area contributed by atoms with Crippen LogP contribution < -0.4 is 24.2 Å². The first kappa shape index (κ1) is 28.3. The quantitative estimate of drug-likeness (QED) is 0.383. The lowest BCUT2D eigenvalue weighted by Crippen LogP contribution is -2.40. The summed E-state index contributed by atoms with van der Waals surface area (Å²) in [6.45, 7) is 1.19. The van der Waals surface area contributed by atoms with Crippen LogP contribution in [-0.4, -0.2) is 43.5 Å². The van der Waals surface area contributed by atoms with E-state index in [0.717, 1.165) is 4.31 Å². The Kier molecular flexibility index (Phi) is 8.69. The van der Waals surface area contributed by atoms with Gasteiger partial charge < -0.3 is 14.8 Å². The lowest BCUT2D eigenvalue weighted by atomic mass is 10.2. The zero-order valence-corrected chi connectivity index (χ0v) is 22.7. The molecule has 0 saturated heterocycles. The van der Waals surface area contributed by atoms with Crippen molar-refractivity contribution in [1.82, 2.24) is 5.32 Å². The molecule has 0 spiro atoms. The zero-order chi connectivity index (χ0) is 27.4. The molecule has 0 aromatic heterocycles. The van der Waals surface area contributed by atoms with Gasteiger partial charge in [0.15, 0.2) is 0 Å². The van der Waals surface area contributed by atoms with Crippen LogP contribution in [0.3, 0.4) is 0 Å². The molecule has 0 radical (unpaired) electrons. The second-order valence-corrected chi connectivity index (χ2v) is 11.7. The van der Waals surface area contributed by atoms with Crippen molar-refractivity contribution in [3.8, 4) is 11.5 Å². The lowest BCUT2D eigenvalue weighted by molar-refractivity contribution is -0.119. The number of nitrogens with one attached hydrogen (secondary N) is 1. The molecule has 0 heterocycles. The normalized spacial score (nSPS) is 11.6. The van der Waals surface area contributed by atoms with E-state index in [4.69, 9.17) is 26.2 Å². The van der Waals surface area contributed by atoms with E-state index in [1.165, 1.54) is 68.8 Å². The van der Waals surface area contributed by atoms with Gasteiger partial charge in [-0.1, -0.05) is 29.8 Å². The summed E-state index contributed by atoms with van der Waals surface area (Å²) in [5.41, 5.74) is 1.41. The summed E-state index contributed by atoms with van der Waals surface area (Å²) in [5.74, 6) is -0.161. The molecule has 10 nitrogen and oxygen atoms in total. The minimum Gasteiger partial charge on any atom is -0.495 e. The van der Waals surface area contributed by atoms with Gasteiger partial charge in [-0.2, -0.15) is 0 Å². The first-order valence-corrected chi connectivity index (χ1v) is 14.1. The predicted molar refractivity (Wildman–Crippen MR) is 140 cm³/mol. The van der Waals surface area contributed by atoms with Gasteiger partial charge in [-0.05, 0) is 60.5 Å². The Balaban J connectivity index is 1.93. The summed E-state index contributed by atoms with van der Waals surface area (Å²) >= 11 is 6.25. The van der Waals surface area contributed by atoms with Gasteiger partial charge in [0, 0.05) is 6.54 Å². The number of carbonyl (C=O) groups is 1. The molecule has 3 aromatic rings. The molecule has 3 rings (SSSR count). The number of anilines is 1. The topological polar surface area (TPSA) is 145 Å². The van der Waals surface area contributed by atoms with Gasteiger partial charge in [0.05, 0.1) is 29.8 Å². The van der Waals surface area contributed by atoms with E-state index < -0.39 is 32.5 Å². The molecule has 0 aliphatic carbocycles. The highest BCUT2D eigenvalue weighted by Crippen LogP contribution is 2.34. The highest BCUT2D eigenvalue weighted by Gasteiger charge is 2.30. The number of nitrogens with zero attached hydrogens (tertiary/aromatic N) is 1. The highest BCUT2D eigenvalue weighted by atomic mass is 35.5. The maximum absolute atomic E-state index is 13.8. The SMILES string of the molecule is COc1ccc(N(CC(=O)NCc2ccc(S(N)(=O)=O)cc2)S(=O)(=O)c2cc(C)ccc2OC)cc1Cl. The molecule has 0 aliphatic heterocycles. The van der Waals surface area contributed by atoms with E-state index >= 15 is 0 Å². The van der Waals surface area contributed by atoms with E-state index in [1.807, 2.05) is 0 Å². The third-order valence-electron chi connectivity index (χ3n) is 5.34. The van der Waals surface area contributed by atoms with Crippen LogP contribution >= 0.6 is 11.6 Å². The second-order valence-electron chi connectivity index (χ2n) is 7.95. The van der Waals surface area contributed by atoms with Crippen molar-refractivity contribution in [2.24, 2.45) is 5.14 Å². The molecule has 13 heteroatoms. The fourth-order valence-electron chi connectivity index (χ4n) is 3.41. The monoisotopic (exact) mass is 567 g/mol. The number of halogens is 1. The third-order valence-corrected chi connectivity index (χ3v) is 8.36. The first-order valence-electron chi connectivity index (χ1n) is 10.8. The van der Waals surface area contributed by atoms with E-state index in [9.17, 15) is 21.6 Å². The molecular weight excluding hydrogens is 542 g/mol. The molecular formula is C24H26ClN3O7S2. The zero-order valence-electron chi connectivity index (χ0n) is 20.3. The number of ether oxygens (including phenoxy) is 2. The van der Waals surface area contributed by atoms with Crippen LogP contribution in [0.1, 0.15) is 11.1 Å². The lowest BCUT2D eigenvalue weighted by Gasteiger charge is -2.25. The summed E-state index contributed by atoms with van der Waals surface area (Å²) in [5, 5.41) is 7.90. The number of primary sulfonamides is 1. The van der Waals surface area contributed by atoms with Crippen LogP contribution in [0, 0.1) is 6.92 Å². The summed E-state index contributed by atoms with van der Waals surface area (Å²) in [6, 6.07) is 14.7. The molecule has 0 fully saturated rings. The average Bonchev–Trinajstić information content (AvgIpc) is 2.85. The Morgan fingerprint density at radius 1 is 0.946 bits per heavy atom. The standard InChI is InChI=1S/C24H26ClN3O7S2/c1-16-4-10-22(35-3)23(12-16)37(32,33)28(18-7-11-21(34-2)20(25)13-18)15-24(29)27-14-17-5-8-19(9-6-17)36(26,30)31/h4-13H,14-15H2,1-3H3,(H,27,29)(H2,26,30,31). The minimum absolute atomic E-state index is 0.0226. The molecule has 0 unspecified atom stereocenters. The van der Waals surface area contributed by atoms with E-state index in [2.05, 4.69) is 5.32 Å². The average molecular weight is 568 g/mol. The number of hydrogen-bond donors (Lipinski definition) is 2. The van der Waals surface area contributed by atoms with Gasteiger partial charge >= 0.3 is 0 Å². The number of amides is 1. The summed E-state index contributed by atoms with van der Waals surface area (Å²) in [4.78, 5) is 12.7. The molecule has 0 aliphatic rings. The Labute approximate surface area is 221 Å².